The average molecular weight is 204 g/mol. The van der Waals surface area contributed by atoms with Crippen LogP contribution in [0.25, 0.3) is 11.0 Å². The van der Waals surface area contributed by atoms with Crippen LogP contribution in [-0.2, 0) is 4.74 Å². The molecule has 0 spiro atoms. The van der Waals surface area contributed by atoms with Crippen LogP contribution < -0.4 is 0 Å². The van der Waals surface area contributed by atoms with E-state index in [1.54, 1.807) is 13.0 Å². The summed E-state index contributed by atoms with van der Waals surface area (Å²) in [5.74, 6) is -0.149. The lowest BCUT2D eigenvalue weighted by Crippen LogP contribution is -2.02. The molecule has 3 heteroatoms. The quantitative estimate of drug-likeness (QED) is 0.706. The smallest absolute Gasteiger partial charge is 0.374 e. The molecule has 1 heterocycles. The monoisotopic (exact) mass is 204 g/mol. The second-order valence-corrected chi connectivity index (χ2v) is 3.37. The molecule has 3 nitrogen and oxygen atoms in total. The zero-order valence-electron chi connectivity index (χ0n) is 8.74. The van der Waals surface area contributed by atoms with E-state index in [-0.39, 0.29) is 5.76 Å². The summed E-state index contributed by atoms with van der Waals surface area (Å²) in [5, 5.41) is 0.929. The zero-order chi connectivity index (χ0) is 10.8. The summed E-state index contributed by atoms with van der Waals surface area (Å²) in [5.41, 5.74) is 1.85. The average Bonchev–Trinajstić information content (AvgIpc) is 2.60. The van der Waals surface area contributed by atoms with Crippen molar-refractivity contribution in [2.75, 3.05) is 6.61 Å². The van der Waals surface area contributed by atoms with Crippen molar-refractivity contribution in [1.82, 2.24) is 0 Å². The van der Waals surface area contributed by atoms with Crippen LogP contribution in [-0.4, -0.2) is 12.6 Å². The third kappa shape index (κ3) is 1.86. The van der Waals surface area contributed by atoms with E-state index in [0.29, 0.717) is 12.2 Å². The first-order chi connectivity index (χ1) is 7.20. The van der Waals surface area contributed by atoms with Crippen LogP contribution in [0, 0.1) is 6.92 Å². The Hall–Kier alpha value is -1.77. The van der Waals surface area contributed by atoms with Gasteiger partial charge in [0.05, 0.1) is 6.61 Å². The Morgan fingerprint density at radius 1 is 1.40 bits per heavy atom. The highest BCUT2D eigenvalue weighted by molar-refractivity contribution is 5.92. The number of aryl methyl sites for hydroxylation is 1. The molecule has 0 aliphatic carbocycles. The highest BCUT2D eigenvalue weighted by atomic mass is 16.5. The Bertz CT molecular complexity index is 497. The molecular weight excluding hydrogens is 192 g/mol. The molecular formula is C12H12O3. The number of furan rings is 1. The summed E-state index contributed by atoms with van der Waals surface area (Å²) >= 11 is 0. The molecule has 0 saturated heterocycles. The number of esters is 1. The van der Waals surface area contributed by atoms with Crippen LogP contribution in [0.3, 0.4) is 0 Å². The Morgan fingerprint density at radius 3 is 2.93 bits per heavy atom. The Balaban J connectivity index is 2.42. The summed E-state index contributed by atoms with van der Waals surface area (Å²) < 4.78 is 10.2. The van der Waals surface area contributed by atoms with Crippen LogP contribution in [0.4, 0.5) is 0 Å². The van der Waals surface area contributed by atoms with E-state index in [2.05, 4.69) is 0 Å². The number of rotatable bonds is 2. The molecule has 0 unspecified atom stereocenters. The second-order valence-electron chi connectivity index (χ2n) is 3.37. The topological polar surface area (TPSA) is 39.4 Å². The fourth-order valence-corrected chi connectivity index (χ4v) is 1.47. The lowest BCUT2D eigenvalue weighted by Gasteiger charge is -1.95. The first-order valence-electron chi connectivity index (χ1n) is 4.88. The molecule has 0 saturated carbocycles. The lowest BCUT2D eigenvalue weighted by molar-refractivity contribution is 0.0492. The minimum Gasteiger partial charge on any atom is -0.460 e. The van der Waals surface area contributed by atoms with Gasteiger partial charge in [0.2, 0.25) is 5.76 Å². The summed E-state index contributed by atoms with van der Waals surface area (Å²) in [6.07, 6.45) is 0. The van der Waals surface area contributed by atoms with Crippen molar-refractivity contribution in [2.24, 2.45) is 0 Å². The highest BCUT2D eigenvalue weighted by Crippen LogP contribution is 2.20. The lowest BCUT2D eigenvalue weighted by atomic mass is 10.2. The molecule has 2 aromatic rings. The Kier molecular flexibility index (Phi) is 2.46. The van der Waals surface area contributed by atoms with E-state index in [1.165, 1.54) is 0 Å². The Morgan fingerprint density at radius 2 is 2.20 bits per heavy atom. The number of hydrogen-bond acceptors (Lipinski definition) is 3. The van der Waals surface area contributed by atoms with Gasteiger partial charge in [-0.3, -0.25) is 0 Å². The van der Waals surface area contributed by atoms with E-state index < -0.39 is 5.97 Å². The number of carbonyl (C=O) groups is 1. The molecule has 0 radical (unpaired) electrons. The number of ether oxygens (including phenoxy) is 1. The molecule has 0 N–H and O–H groups in total. The molecule has 1 aromatic heterocycles. The van der Waals surface area contributed by atoms with Crippen molar-refractivity contribution >= 4 is 16.9 Å². The summed E-state index contributed by atoms with van der Waals surface area (Å²) in [4.78, 5) is 11.4. The molecule has 0 aliphatic rings. The Labute approximate surface area is 87.6 Å². The van der Waals surface area contributed by atoms with Gasteiger partial charge in [-0.1, -0.05) is 11.6 Å². The van der Waals surface area contributed by atoms with Crippen molar-refractivity contribution in [2.45, 2.75) is 13.8 Å². The van der Waals surface area contributed by atoms with Gasteiger partial charge in [-0.25, -0.2) is 4.79 Å². The molecule has 2 rings (SSSR count). The number of carbonyl (C=O) groups excluding carboxylic acids is 1. The molecule has 0 amide bonds. The SMILES string of the molecule is CCOC(=O)c1cc2cc(C)ccc2o1. The van der Waals surface area contributed by atoms with Gasteiger partial charge in [0, 0.05) is 5.39 Å². The maximum Gasteiger partial charge on any atom is 0.374 e. The van der Waals surface area contributed by atoms with Crippen molar-refractivity contribution in [3.8, 4) is 0 Å². The largest absolute Gasteiger partial charge is 0.460 e. The third-order valence-corrected chi connectivity index (χ3v) is 2.15. The number of fused-ring (bicyclic) bond motifs is 1. The fourth-order valence-electron chi connectivity index (χ4n) is 1.47. The van der Waals surface area contributed by atoms with Crippen LogP contribution in [0.2, 0.25) is 0 Å². The maximum absolute atomic E-state index is 11.4. The van der Waals surface area contributed by atoms with Crippen molar-refractivity contribution in [3.63, 3.8) is 0 Å². The molecule has 0 atom stereocenters. The predicted octanol–water partition coefficient (Wildman–Crippen LogP) is 2.92. The van der Waals surface area contributed by atoms with Crippen LogP contribution >= 0.6 is 0 Å². The van der Waals surface area contributed by atoms with E-state index in [4.69, 9.17) is 9.15 Å². The molecule has 1 aromatic carbocycles. The maximum atomic E-state index is 11.4. The fraction of sp³-hybridized carbons (Fsp3) is 0.250. The van der Waals surface area contributed by atoms with E-state index >= 15 is 0 Å². The van der Waals surface area contributed by atoms with Crippen molar-refractivity contribution in [3.05, 3.63) is 35.6 Å². The van der Waals surface area contributed by atoms with Crippen LogP contribution in [0.1, 0.15) is 23.0 Å². The van der Waals surface area contributed by atoms with Crippen molar-refractivity contribution < 1.29 is 13.9 Å². The normalized spacial score (nSPS) is 10.5. The van der Waals surface area contributed by atoms with Gasteiger partial charge in [-0.05, 0) is 32.0 Å². The summed E-state index contributed by atoms with van der Waals surface area (Å²) in [6, 6.07) is 7.48. The zero-order valence-corrected chi connectivity index (χ0v) is 8.74. The van der Waals surface area contributed by atoms with Crippen LogP contribution in [0.5, 0.6) is 0 Å². The van der Waals surface area contributed by atoms with Gasteiger partial charge in [0.25, 0.3) is 0 Å². The van der Waals surface area contributed by atoms with Gasteiger partial charge in [-0.15, -0.1) is 0 Å². The van der Waals surface area contributed by atoms with Crippen molar-refractivity contribution in [1.29, 1.82) is 0 Å². The molecule has 0 aliphatic heterocycles. The van der Waals surface area contributed by atoms with Gasteiger partial charge in [0.1, 0.15) is 5.58 Å². The van der Waals surface area contributed by atoms with E-state index in [9.17, 15) is 4.79 Å². The van der Waals surface area contributed by atoms with Gasteiger partial charge in [0.15, 0.2) is 0 Å². The second kappa shape index (κ2) is 3.77. The minimum absolute atomic E-state index is 0.262. The molecule has 15 heavy (non-hydrogen) atoms. The molecule has 0 fully saturated rings. The predicted molar refractivity (Wildman–Crippen MR) is 56.9 cm³/mol. The van der Waals surface area contributed by atoms with Gasteiger partial charge >= 0.3 is 5.97 Å². The van der Waals surface area contributed by atoms with Crippen LogP contribution in [0.15, 0.2) is 28.7 Å². The summed E-state index contributed by atoms with van der Waals surface area (Å²) in [7, 11) is 0. The highest BCUT2D eigenvalue weighted by Gasteiger charge is 2.12. The number of hydrogen-bond donors (Lipinski definition) is 0. The van der Waals surface area contributed by atoms with E-state index in [1.807, 2.05) is 25.1 Å². The third-order valence-electron chi connectivity index (χ3n) is 2.15. The van der Waals surface area contributed by atoms with Gasteiger partial charge in [-0.2, -0.15) is 0 Å². The number of benzene rings is 1. The van der Waals surface area contributed by atoms with Gasteiger partial charge < -0.3 is 9.15 Å². The first-order valence-corrected chi connectivity index (χ1v) is 4.88. The standard InChI is InChI=1S/C12H12O3/c1-3-14-12(13)11-7-9-6-8(2)4-5-10(9)15-11/h4-7H,3H2,1-2H3. The molecule has 0 bridgehead atoms. The molecule has 78 valence electrons. The van der Waals surface area contributed by atoms with E-state index in [0.717, 1.165) is 10.9 Å². The summed E-state index contributed by atoms with van der Waals surface area (Å²) in [6.45, 7) is 4.12. The minimum atomic E-state index is -0.411. The first kappa shape index (κ1) is 9.77.